The summed E-state index contributed by atoms with van der Waals surface area (Å²) in [6.07, 6.45) is 14.4. The van der Waals surface area contributed by atoms with E-state index in [-0.39, 0.29) is 27.6 Å². The Morgan fingerprint density at radius 2 is 0.688 bits per heavy atom. The molecule has 0 saturated carbocycles. The third-order valence-electron chi connectivity index (χ3n) is 3.24. The molecule has 0 aliphatic carbocycles. The maximum absolute atomic E-state index is 4.83. The molecule has 0 atom stereocenters. The third kappa shape index (κ3) is 22.8. The van der Waals surface area contributed by atoms with Crippen molar-refractivity contribution in [3.05, 3.63) is 120 Å². The Labute approximate surface area is 214 Å². The number of aromatic nitrogens is 4. The van der Waals surface area contributed by atoms with Crippen LogP contribution in [-0.4, -0.2) is 19.9 Å². The molecule has 0 radical (unpaired) electrons. The molecule has 32 heavy (non-hydrogen) atoms. The number of hydrogen-bond acceptors (Lipinski definition) is 4. The molecule has 4 aromatic heterocycles. The minimum atomic E-state index is -0.226. The molecule has 4 heterocycles. The molecular weight excluding hydrogens is 554 g/mol. The van der Waals surface area contributed by atoms with E-state index in [9.17, 15) is 0 Å². The summed E-state index contributed by atoms with van der Waals surface area (Å²) >= 11 is -0.226. The van der Waals surface area contributed by atoms with E-state index in [1.807, 2.05) is 101 Å². The van der Waals surface area contributed by atoms with Gasteiger partial charge in [-0.2, -0.15) is 0 Å². The Kier molecular flexibility index (Phi) is 24.0. The van der Waals surface area contributed by atoms with Crippen LogP contribution in [0.3, 0.4) is 0 Å². The Hall–Kier alpha value is -1.91. The number of aryl methyl sites for hydroxylation is 4. The van der Waals surface area contributed by atoms with Crippen molar-refractivity contribution in [2.24, 2.45) is 0 Å². The van der Waals surface area contributed by atoms with E-state index >= 15 is 0 Å². The fraction of sp³-hybridized carbons (Fsp3) is 0.167. The molecule has 0 saturated heterocycles. The molecule has 4 rings (SSSR count). The van der Waals surface area contributed by atoms with E-state index in [4.69, 9.17) is 19.4 Å². The van der Waals surface area contributed by atoms with Gasteiger partial charge in [-0.3, -0.25) is 19.9 Å². The van der Waals surface area contributed by atoms with E-state index in [2.05, 4.69) is 19.9 Å². The molecule has 0 aromatic carbocycles. The molecule has 174 valence electrons. The van der Waals surface area contributed by atoms with E-state index in [1.165, 1.54) is 22.3 Å². The van der Waals surface area contributed by atoms with Crippen molar-refractivity contribution in [2.45, 2.75) is 27.7 Å². The fourth-order valence-corrected chi connectivity index (χ4v) is 1.79. The normalized spacial score (nSPS) is 8.31. The summed E-state index contributed by atoms with van der Waals surface area (Å²) in [6, 6.07) is 15.8. The minimum absolute atomic E-state index is 0. The number of halogens is 3. The number of nitrogens with zero attached hydrogens (tertiary/aromatic N) is 4. The van der Waals surface area contributed by atoms with Crippen LogP contribution in [0.2, 0.25) is 0 Å². The summed E-state index contributed by atoms with van der Waals surface area (Å²) in [5.41, 5.74) is 4.84. The van der Waals surface area contributed by atoms with Gasteiger partial charge in [0.2, 0.25) is 0 Å². The molecule has 0 aliphatic heterocycles. The van der Waals surface area contributed by atoms with Gasteiger partial charge in [0.15, 0.2) is 0 Å². The fourth-order valence-electron chi connectivity index (χ4n) is 1.79. The Morgan fingerprint density at radius 1 is 0.500 bits per heavy atom. The van der Waals surface area contributed by atoms with Crippen LogP contribution in [-0.2, 0) is 15.1 Å². The maximum atomic E-state index is 4.83. The van der Waals surface area contributed by atoms with Crippen LogP contribution < -0.4 is 12.4 Å². The molecule has 0 N–H and O–H groups in total. The summed E-state index contributed by atoms with van der Waals surface area (Å²) in [5.74, 6) is 0. The van der Waals surface area contributed by atoms with Crippen LogP contribution in [0, 0.1) is 27.7 Å². The van der Waals surface area contributed by atoms with E-state index in [0.717, 1.165) is 0 Å². The van der Waals surface area contributed by atoms with Gasteiger partial charge in [-0.25, -0.2) is 0 Å². The second-order valence-electron chi connectivity index (χ2n) is 6.17. The molecule has 0 fully saturated rings. The summed E-state index contributed by atoms with van der Waals surface area (Å²) in [5, 5.41) is 0. The standard InChI is InChI=1S/4C6H7N.3ClH.Rh/c4*1-6-3-2-4-7-5-6;;;;/h4*2-5H,1H3;3*1H;/q;;;;;;;+3/p-3. The SMILES string of the molecule is Cc1cccnc1.Cc1cccnc1.Cc1cccnc1.Cc1cccnc1.[Cl-].[Cl][Rh+][Cl]. The summed E-state index contributed by atoms with van der Waals surface area (Å²) < 4.78 is 0. The van der Waals surface area contributed by atoms with Gasteiger partial charge in [-0.05, 0) is 74.2 Å². The second-order valence-corrected chi connectivity index (χ2v) is 8.66. The van der Waals surface area contributed by atoms with Gasteiger partial charge in [0.25, 0.3) is 0 Å². The predicted octanol–water partition coefficient (Wildman–Crippen LogP) is 3.94. The number of rotatable bonds is 0. The molecule has 4 aromatic rings. The van der Waals surface area contributed by atoms with E-state index < -0.39 is 0 Å². The summed E-state index contributed by atoms with van der Waals surface area (Å²) in [6.45, 7) is 8.08. The van der Waals surface area contributed by atoms with Crippen molar-refractivity contribution in [3.8, 4) is 0 Å². The average molecular weight is 582 g/mol. The van der Waals surface area contributed by atoms with Gasteiger partial charge in [0.1, 0.15) is 0 Å². The Morgan fingerprint density at radius 3 is 0.750 bits per heavy atom. The Bertz CT molecular complexity index is 722. The summed E-state index contributed by atoms with van der Waals surface area (Å²) in [4.78, 5) is 15.5. The first kappa shape index (κ1) is 32.3. The Balaban J connectivity index is 0. The monoisotopic (exact) mass is 580 g/mol. The zero-order chi connectivity index (χ0) is 23.2. The van der Waals surface area contributed by atoms with Gasteiger partial charge < -0.3 is 12.4 Å². The molecule has 0 unspecified atom stereocenters. The number of hydrogen-bond donors (Lipinski definition) is 0. The first-order valence-corrected chi connectivity index (χ1v) is 13.5. The molecular formula is C24H28Cl3N4Rh. The quantitative estimate of drug-likeness (QED) is 0.295. The van der Waals surface area contributed by atoms with Gasteiger partial charge >= 0.3 is 34.5 Å². The average Bonchev–Trinajstić information content (AvgIpc) is 2.78. The first-order chi connectivity index (χ1) is 15.0. The second kappa shape index (κ2) is 23.8. The predicted molar refractivity (Wildman–Crippen MR) is 128 cm³/mol. The van der Waals surface area contributed by atoms with Crippen molar-refractivity contribution in [3.63, 3.8) is 0 Å². The zero-order valence-electron chi connectivity index (χ0n) is 18.5. The topological polar surface area (TPSA) is 51.6 Å². The van der Waals surface area contributed by atoms with Crippen molar-refractivity contribution in [2.75, 3.05) is 0 Å². The van der Waals surface area contributed by atoms with E-state index in [0.29, 0.717) is 0 Å². The van der Waals surface area contributed by atoms with E-state index in [1.54, 1.807) is 24.8 Å². The molecule has 0 bridgehead atoms. The molecule has 4 nitrogen and oxygen atoms in total. The van der Waals surface area contributed by atoms with Crippen LogP contribution in [0.25, 0.3) is 0 Å². The van der Waals surface area contributed by atoms with Crippen molar-refractivity contribution < 1.29 is 27.6 Å². The first-order valence-electron chi connectivity index (χ1n) is 9.29. The van der Waals surface area contributed by atoms with Crippen molar-refractivity contribution in [1.29, 1.82) is 0 Å². The molecule has 0 amide bonds. The molecule has 0 aliphatic rings. The number of pyridine rings is 4. The van der Waals surface area contributed by atoms with Crippen molar-refractivity contribution >= 4 is 19.4 Å². The van der Waals surface area contributed by atoms with Gasteiger partial charge in [-0.15, -0.1) is 0 Å². The zero-order valence-corrected chi connectivity index (χ0v) is 22.4. The van der Waals surface area contributed by atoms with Crippen molar-refractivity contribution in [1.82, 2.24) is 19.9 Å². The third-order valence-corrected chi connectivity index (χ3v) is 3.24. The van der Waals surface area contributed by atoms with Gasteiger partial charge in [0, 0.05) is 49.6 Å². The van der Waals surface area contributed by atoms with Gasteiger partial charge in [0.05, 0.1) is 0 Å². The van der Waals surface area contributed by atoms with Crippen LogP contribution in [0.15, 0.2) is 98.1 Å². The van der Waals surface area contributed by atoms with Crippen LogP contribution in [0.1, 0.15) is 22.3 Å². The van der Waals surface area contributed by atoms with Crippen LogP contribution in [0.5, 0.6) is 0 Å². The summed E-state index contributed by atoms with van der Waals surface area (Å²) in [7, 11) is 9.67. The van der Waals surface area contributed by atoms with Crippen LogP contribution in [0.4, 0.5) is 0 Å². The molecule has 8 heteroatoms. The van der Waals surface area contributed by atoms with Gasteiger partial charge in [-0.1, -0.05) is 24.3 Å². The van der Waals surface area contributed by atoms with Crippen LogP contribution >= 0.6 is 19.4 Å². The molecule has 0 spiro atoms.